The van der Waals surface area contributed by atoms with Crippen molar-refractivity contribution in [3.8, 4) is 5.75 Å². The van der Waals surface area contributed by atoms with E-state index in [2.05, 4.69) is 33.9 Å². The van der Waals surface area contributed by atoms with Crippen LogP contribution in [0.25, 0.3) is 0 Å². The van der Waals surface area contributed by atoms with Crippen LogP contribution in [0.5, 0.6) is 5.75 Å². The van der Waals surface area contributed by atoms with Crippen LogP contribution >= 0.6 is 0 Å². The molecule has 152 valence electrons. The first-order valence-electron chi connectivity index (χ1n) is 9.78. The van der Waals surface area contributed by atoms with Crippen LogP contribution in [0.15, 0.2) is 54.6 Å². The zero-order valence-electron chi connectivity index (χ0n) is 17.7. The van der Waals surface area contributed by atoms with Crippen molar-refractivity contribution < 1.29 is 19.1 Å². The fourth-order valence-electron chi connectivity index (χ4n) is 4.22. The van der Waals surface area contributed by atoms with E-state index < -0.39 is 0 Å². The van der Waals surface area contributed by atoms with Gasteiger partial charge in [-0.05, 0) is 56.6 Å². The van der Waals surface area contributed by atoms with Crippen molar-refractivity contribution in [1.29, 1.82) is 0 Å². The highest BCUT2D eigenvalue weighted by Gasteiger charge is 2.62. The first-order chi connectivity index (χ1) is 13.0. The van der Waals surface area contributed by atoms with Gasteiger partial charge in [-0.2, -0.15) is 0 Å². The average Bonchev–Trinajstić information content (AvgIpc) is 2.96. The number of hydrogen-bond acceptors (Lipinski definition) is 4. The zero-order valence-corrected chi connectivity index (χ0v) is 17.7. The normalized spacial score (nSPS) is 26.6. The summed E-state index contributed by atoms with van der Waals surface area (Å²) < 4.78 is 10.5. The molecule has 2 bridgehead atoms. The lowest BCUT2D eigenvalue weighted by atomic mass is 9.70. The number of rotatable bonds is 4. The van der Waals surface area contributed by atoms with Gasteiger partial charge in [-0.3, -0.25) is 0 Å². The quantitative estimate of drug-likeness (QED) is 0.391. The lowest BCUT2D eigenvalue weighted by molar-refractivity contribution is -0.151. The van der Waals surface area contributed by atoms with Gasteiger partial charge in [0.2, 0.25) is 0 Å². The average molecular weight is 385 g/mol. The van der Waals surface area contributed by atoms with Gasteiger partial charge < -0.3 is 9.47 Å². The number of para-hydroxylation sites is 1. The smallest absolute Gasteiger partial charge is 0.338 e. The molecular weight excluding hydrogens is 352 g/mol. The summed E-state index contributed by atoms with van der Waals surface area (Å²) in [6.07, 6.45) is 3.58. The van der Waals surface area contributed by atoms with E-state index in [4.69, 9.17) is 9.47 Å². The van der Waals surface area contributed by atoms with Gasteiger partial charge in [-0.1, -0.05) is 52.1 Å². The minimum atomic E-state index is -0.388. The molecule has 0 aliphatic heterocycles. The Balaban J connectivity index is 0.000000209. The van der Waals surface area contributed by atoms with Crippen LogP contribution in [0.3, 0.4) is 0 Å². The Kier molecular flexibility index (Phi) is 6.53. The minimum absolute atomic E-state index is 0.0884. The van der Waals surface area contributed by atoms with Gasteiger partial charge in [0, 0.05) is 16.6 Å². The van der Waals surface area contributed by atoms with Gasteiger partial charge >= 0.3 is 11.9 Å². The molecule has 2 aliphatic carbocycles. The van der Waals surface area contributed by atoms with Crippen LogP contribution < -0.4 is 4.74 Å². The van der Waals surface area contributed by atoms with Gasteiger partial charge in [0.1, 0.15) is 11.9 Å². The van der Waals surface area contributed by atoms with Gasteiger partial charge in [-0.25, -0.2) is 9.59 Å². The highest BCUT2D eigenvalue weighted by atomic mass is 16.5. The second-order valence-corrected chi connectivity index (χ2v) is 8.77. The molecule has 1 aromatic rings. The molecule has 3 atom stereocenters. The van der Waals surface area contributed by atoms with Gasteiger partial charge in [0.15, 0.2) is 0 Å². The topological polar surface area (TPSA) is 52.6 Å². The van der Waals surface area contributed by atoms with Crippen molar-refractivity contribution in [2.45, 2.75) is 60.0 Å². The summed E-state index contributed by atoms with van der Waals surface area (Å²) in [6, 6.07) is 8.92. The maximum atomic E-state index is 11.6. The number of esters is 2. The maximum Gasteiger partial charge on any atom is 0.338 e. The summed E-state index contributed by atoms with van der Waals surface area (Å²) in [5.41, 5.74) is 1.36. The summed E-state index contributed by atoms with van der Waals surface area (Å²) in [4.78, 5) is 22.6. The highest BCUT2D eigenvalue weighted by Crippen LogP contribution is 2.66. The number of ether oxygens (including phenoxy) is 2. The Labute approximate surface area is 168 Å². The van der Waals surface area contributed by atoms with Crippen LogP contribution in [0.4, 0.5) is 0 Å². The molecule has 4 nitrogen and oxygen atoms in total. The maximum absolute atomic E-state index is 11.6. The second kappa shape index (κ2) is 8.34. The van der Waals surface area contributed by atoms with E-state index in [9.17, 15) is 9.59 Å². The van der Waals surface area contributed by atoms with Crippen LogP contribution in [-0.2, 0) is 14.3 Å². The molecule has 0 aromatic heterocycles. The third kappa shape index (κ3) is 4.37. The predicted octanol–water partition coefficient (Wildman–Crippen LogP) is 5.49. The molecule has 4 heteroatoms. The molecule has 0 heterocycles. The van der Waals surface area contributed by atoms with Crippen LogP contribution in [0.2, 0.25) is 0 Å². The molecule has 0 radical (unpaired) electrons. The van der Waals surface area contributed by atoms with Crippen LogP contribution in [0.1, 0.15) is 53.9 Å². The number of carbonyl (C=O) groups is 2. The lowest BCUT2D eigenvalue weighted by Gasteiger charge is -2.38. The molecule has 2 aliphatic rings. The minimum Gasteiger partial charge on any atom is -0.458 e. The van der Waals surface area contributed by atoms with Crippen LogP contribution in [-0.4, -0.2) is 18.0 Å². The molecule has 0 spiro atoms. The standard InChI is InChI=1S/C14H22O2.C10H10O2/c1-9(2)12(15)16-11-8-10-6-7-14(11,5)13(10,3)4;1-8(2)10(11)12-9-6-4-3-5-7-9/h10-11H,1,6-8H2,2-5H3;3-7H,1H2,2H3/t10-,11-,14+;/m0./s1. The van der Waals surface area contributed by atoms with E-state index in [-0.39, 0.29) is 23.5 Å². The van der Waals surface area contributed by atoms with E-state index in [0.717, 1.165) is 6.42 Å². The zero-order chi connectivity index (χ0) is 21.1. The Morgan fingerprint density at radius 2 is 1.57 bits per heavy atom. The van der Waals surface area contributed by atoms with Crippen LogP contribution in [0, 0.1) is 16.7 Å². The summed E-state index contributed by atoms with van der Waals surface area (Å²) >= 11 is 0. The molecule has 1 aromatic carbocycles. The van der Waals surface area contributed by atoms with Crippen molar-refractivity contribution in [2.75, 3.05) is 0 Å². The van der Waals surface area contributed by atoms with Crippen molar-refractivity contribution in [1.82, 2.24) is 0 Å². The van der Waals surface area contributed by atoms with E-state index >= 15 is 0 Å². The molecule has 0 N–H and O–H groups in total. The molecule has 0 unspecified atom stereocenters. The number of fused-ring (bicyclic) bond motifs is 2. The molecular formula is C24H32O4. The molecule has 2 fully saturated rings. The molecule has 28 heavy (non-hydrogen) atoms. The van der Waals surface area contributed by atoms with E-state index in [1.165, 1.54) is 12.8 Å². The summed E-state index contributed by atoms with van der Waals surface area (Å²) in [5, 5.41) is 0. The number of hydrogen-bond donors (Lipinski definition) is 0. The third-order valence-corrected chi connectivity index (χ3v) is 6.61. The molecule has 0 amide bonds. The predicted molar refractivity (Wildman–Crippen MR) is 111 cm³/mol. The lowest BCUT2D eigenvalue weighted by Crippen LogP contribution is -2.38. The molecule has 0 saturated heterocycles. The third-order valence-electron chi connectivity index (χ3n) is 6.61. The van der Waals surface area contributed by atoms with Crippen molar-refractivity contribution in [2.24, 2.45) is 16.7 Å². The summed E-state index contributed by atoms with van der Waals surface area (Å²) in [7, 11) is 0. The largest absolute Gasteiger partial charge is 0.458 e. The first-order valence-corrected chi connectivity index (χ1v) is 9.78. The summed E-state index contributed by atoms with van der Waals surface area (Å²) in [6.45, 7) is 17.4. The van der Waals surface area contributed by atoms with Gasteiger partial charge in [0.05, 0.1) is 0 Å². The fraction of sp³-hybridized carbons (Fsp3) is 0.500. The fourth-order valence-corrected chi connectivity index (χ4v) is 4.22. The van der Waals surface area contributed by atoms with Gasteiger partial charge in [-0.15, -0.1) is 0 Å². The molecule has 3 rings (SSSR count). The molecule has 2 saturated carbocycles. The Hall–Kier alpha value is -2.36. The van der Waals surface area contributed by atoms with Crippen molar-refractivity contribution in [3.05, 3.63) is 54.6 Å². The second-order valence-electron chi connectivity index (χ2n) is 8.77. The first kappa shape index (κ1) is 21.9. The monoisotopic (exact) mass is 384 g/mol. The highest BCUT2D eigenvalue weighted by molar-refractivity contribution is 5.88. The van der Waals surface area contributed by atoms with Crippen molar-refractivity contribution in [3.63, 3.8) is 0 Å². The summed E-state index contributed by atoms with van der Waals surface area (Å²) in [5.74, 6) is 0.640. The van der Waals surface area contributed by atoms with E-state index in [1.807, 2.05) is 6.07 Å². The number of benzene rings is 1. The van der Waals surface area contributed by atoms with Crippen molar-refractivity contribution >= 4 is 11.9 Å². The Morgan fingerprint density at radius 3 is 2.00 bits per heavy atom. The number of carbonyl (C=O) groups excluding carboxylic acids is 2. The van der Waals surface area contributed by atoms with E-state index in [1.54, 1.807) is 38.1 Å². The Morgan fingerprint density at radius 1 is 1.00 bits per heavy atom. The Bertz CT molecular complexity index is 762. The van der Waals surface area contributed by atoms with E-state index in [0.29, 0.717) is 28.2 Å². The van der Waals surface area contributed by atoms with Gasteiger partial charge in [0.25, 0.3) is 0 Å². The SMILES string of the molecule is C=C(C)C(=O)O[C@H]1C[C@@H]2CC[C@@]1(C)C2(C)C.C=C(C)C(=O)Oc1ccccc1.